The minimum absolute atomic E-state index is 0.127. The molecule has 0 spiro atoms. The maximum absolute atomic E-state index is 5.63. The van der Waals surface area contributed by atoms with Crippen molar-refractivity contribution < 1.29 is 4.74 Å². The zero-order chi connectivity index (χ0) is 10.7. The molecule has 1 heterocycles. The van der Waals surface area contributed by atoms with Crippen LogP contribution in [0.25, 0.3) is 0 Å². The Kier molecular flexibility index (Phi) is 2.91. The predicted octanol–water partition coefficient (Wildman–Crippen LogP) is 0.703. The van der Waals surface area contributed by atoms with Crippen LogP contribution in [0.3, 0.4) is 0 Å². The minimum atomic E-state index is -0.127. The van der Waals surface area contributed by atoms with Gasteiger partial charge in [-0.05, 0) is 18.1 Å². The average Bonchev–Trinajstić information content (AvgIpc) is 2.30. The highest BCUT2D eigenvalue weighted by atomic mass is 16.5. The number of nitrogens with two attached hydrogens (primary N) is 1. The first-order valence-electron chi connectivity index (χ1n) is 4.98. The minimum Gasteiger partial charge on any atom is -0.493 e. The molecule has 1 aromatic rings. The average molecular weight is 202 g/mol. The molecule has 3 heteroatoms. The molecule has 78 valence electrons. The third-order valence-corrected chi connectivity index (χ3v) is 2.74. The summed E-state index contributed by atoms with van der Waals surface area (Å²) in [6.45, 7) is 0.621. The third-order valence-electron chi connectivity index (χ3n) is 2.74. The Labute approximate surface area is 89.6 Å². The van der Waals surface area contributed by atoms with E-state index in [2.05, 4.69) is 17.4 Å². The molecule has 0 bridgehead atoms. The van der Waals surface area contributed by atoms with E-state index in [1.54, 1.807) is 0 Å². The zero-order valence-electron chi connectivity index (χ0n) is 8.44. The number of terminal acetylenes is 1. The molecule has 3 N–H and O–H groups in total. The molecule has 0 saturated heterocycles. The van der Waals surface area contributed by atoms with Crippen LogP contribution in [0, 0.1) is 18.3 Å². The number of hydrogen-bond donors (Lipinski definition) is 2. The van der Waals surface area contributed by atoms with Gasteiger partial charge in [-0.3, -0.25) is 5.84 Å². The molecule has 0 aliphatic carbocycles. The summed E-state index contributed by atoms with van der Waals surface area (Å²) >= 11 is 0. The maximum Gasteiger partial charge on any atom is 0.122 e. The molecular weight excluding hydrogens is 188 g/mol. The van der Waals surface area contributed by atoms with Crippen molar-refractivity contribution in [3.63, 3.8) is 0 Å². The number of para-hydroxylation sites is 1. The van der Waals surface area contributed by atoms with Gasteiger partial charge in [0.1, 0.15) is 5.75 Å². The second kappa shape index (κ2) is 4.35. The van der Waals surface area contributed by atoms with E-state index in [4.69, 9.17) is 17.0 Å². The van der Waals surface area contributed by atoms with Crippen LogP contribution in [-0.4, -0.2) is 12.6 Å². The van der Waals surface area contributed by atoms with Crippen molar-refractivity contribution in [3.8, 4) is 18.1 Å². The fraction of sp³-hybridized carbons (Fsp3) is 0.333. The number of rotatable bonds is 2. The van der Waals surface area contributed by atoms with E-state index in [0.717, 1.165) is 12.2 Å². The standard InChI is InChI=1S/C12H14N2O/c1-2-11(14-13)10-7-9-5-3-4-6-12(9)15-8-10/h1,3-6,10-11,14H,7-8,13H2. The van der Waals surface area contributed by atoms with Crippen molar-refractivity contribution in [1.29, 1.82) is 0 Å². The summed E-state index contributed by atoms with van der Waals surface area (Å²) in [4.78, 5) is 0. The molecule has 2 unspecified atom stereocenters. The first-order chi connectivity index (χ1) is 7.35. The zero-order valence-corrected chi connectivity index (χ0v) is 8.44. The first kappa shape index (κ1) is 10.0. The van der Waals surface area contributed by atoms with Crippen LogP contribution in [0.1, 0.15) is 5.56 Å². The van der Waals surface area contributed by atoms with Gasteiger partial charge in [-0.15, -0.1) is 6.42 Å². The molecule has 0 aromatic heterocycles. The first-order valence-corrected chi connectivity index (χ1v) is 4.98. The Morgan fingerprint density at radius 3 is 3.07 bits per heavy atom. The summed E-state index contributed by atoms with van der Waals surface area (Å²) in [7, 11) is 0. The van der Waals surface area contributed by atoms with Crippen LogP contribution in [-0.2, 0) is 6.42 Å². The predicted molar refractivity (Wildman–Crippen MR) is 59.1 cm³/mol. The smallest absolute Gasteiger partial charge is 0.122 e. The molecule has 1 aromatic carbocycles. The quantitative estimate of drug-likeness (QED) is 0.421. The van der Waals surface area contributed by atoms with E-state index in [-0.39, 0.29) is 12.0 Å². The molecule has 1 aliphatic rings. The number of hydrogen-bond acceptors (Lipinski definition) is 3. The van der Waals surface area contributed by atoms with E-state index in [9.17, 15) is 0 Å². The van der Waals surface area contributed by atoms with Gasteiger partial charge in [0.15, 0.2) is 0 Å². The van der Waals surface area contributed by atoms with E-state index in [0.29, 0.717) is 6.61 Å². The van der Waals surface area contributed by atoms with Gasteiger partial charge in [0.05, 0.1) is 12.6 Å². The van der Waals surface area contributed by atoms with E-state index >= 15 is 0 Å². The summed E-state index contributed by atoms with van der Waals surface area (Å²) < 4.78 is 5.63. The van der Waals surface area contributed by atoms with Crippen molar-refractivity contribution in [1.82, 2.24) is 5.43 Å². The highest BCUT2D eigenvalue weighted by Gasteiger charge is 2.25. The van der Waals surface area contributed by atoms with Crippen LogP contribution < -0.4 is 16.0 Å². The molecule has 3 nitrogen and oxygen atoms in total. The van der Waals surface area contributed by atoms with E-state index < -0.39 is 0 Å². The molecule has 0 amide bonds. The Morgan fingerprint density at radius 2 is 2.33 bits per heavy atom. The Morgan fingerprint density at radius 1 is 1.53 bits per heavy atom. The van der Waals surface area contributed by atoms with Gasteiger partial charge in [0, 0.05) is 5.92 Å². The van der Waals surface area contributed by atoms with Crippen LogP contribution in [0.15, 0.2) is 24.3 Å². The maximum atomic E-state index is 5.63. The molecule has 0 radical (unpaired) electrons. The van der Waals surface area contributed by atoms with Gasteiger partial charge in [-0.25, -0.2) is 5.43 Å². The lowest BCUT2D eigenvalue weighted by molar-refractivity contribution is 0.202. The lowest BCUT2D eigenvalue weighted by Crippen LogP contribution is -2.44. The molecule has 1 aliphatic heterocycles. The van der Waals surface area contributed by atoms with Crippen LogP contribution in [0.4, 0.5) is 0 Å². The summed E-state index contributed by atoms with van der Waals surface area (Å²) in [5, 5.41) is 0. The topological polar surface area (TPSA) is 47.3 Å². The van der Waals surface area contributed by atoms with Gasteiger partial charge in [-0.2, -0.15) is 0 Å². The van der Waals surface area contributed by atoms with Gasteiger partial charge in [0.25, 0.3) is 0 Å². The number of benzene rings is 1. The molecule has 2 atom stereocenters. The fourth-order valence-corrected chi connectivity index (χ4v) is 1.89. The van der Waals surface area contributed by atoms with Crippen LogP contribution in [0.5, 0.6) is 5.75 Å². The van der Waals surface area contributed by atoms with Crippen molar-refractivity contribution in [2.24, 2.45) is 11.8 Å². The monoisotopic (exact) mass is 202 g/mol. The van der Waals surface area contributed by atoms with Gasteiger partial charge in [0.2, 0.25) is 0 Å². The SMILES string of the molecule is C#CC(NN)C1COc2ccccc2C1. The van der Waals surface area contributed by atoms with E-state index in [1.165, 1.54) is 5.56 Å². The normalized spacial score (nSPS) is 20.9. The number of nitrogens with one attached hydrogen (secondary N) is 1. The summed E-state index contributed by atoms with van der Waals surface area (Å²) in [6.07, 6.45) is 6.30. The third kappa shape index (κ3) is 1.96. The lowest BCUT2D eigenvalue weighted by atomic mass is 9.91. The van der Waals surface area contributed by atoms with Gasteiger partial charge < -0.3 is 4.74 Å². The van der Waals surface area contributed by atoms with Gasteiger partial charge in [-0.1, -0.05) is 24.1 Å². The van der Waals surface area contributed by atoms with Crippen molar-refractivity contribution in [3.05, 3.63) is 29.8 Å². The molecular formula is C12H14N2O. The highest BCUT2D eigenvalue weighted by Crippen LogP contribution is 2.27. The molecule has 15 heavy (non-hydrogen) atoms. The molecule has 2 rings (SSSR count). The second-order valence-electron chi connectivity index (χ2n) is 3.69. The second-order valence-corrected chi connectivity index (χ2v) is 3.69. The van der Waals surface area contributed by atoms with Crippen LogP contribution in [0.2, 0.25) is 0 Å². The number of ether oxygens (including phenoxy) is 1. The summed E-state index contributed by atoms with van der Waals surface area (Å²) in [5.41, 5.74) is 3.83. The Balaban J connectivity index is 2.15. The summed E-state index contributed by atoms with van der Waals surface area (Å²) in [6, 6.07) is 7.89. The Bertz CT molecular complexity index is 383. The number of hydrazine groups is 1. The number of fused-ring (bicyclic) bond motifs is 1. The Hall–Kier alpha value is -1.50. The fourth-order valence-electron chi connectivity index (χ4n) is 1.89. The van der Waals surface area contributed by atoms with Crippen LogP contribution >= 0.6 is 0 Å². The highest BCUT2D eigenvalue weighted by molar-refractivity contribution is 5.35. The van der Waals surface area contributed by atoms with Crippen molar-refractivity contribution in [2.45, 2.75) is 12.5 Å². The largest absolute Gasteiger partial charge is 0.493 e. The van der Waals surface area contributed by atoms with Crippen molar-refractivity contribution >= 4 is 0 Å². The van der Waals surface area contributed by atoms with Crippen molar-refractivity contribution in [2.75, 3.05) is 6.61 Å². The van der Waals surface area contributed by atoms with Gasteiger partial charge >= 0.3 is 0 Å². The molecule has 0 saturated carbocycles. The lowest BCUT2D eigenvalue weighted by Gasteiger charge is -2.28. The summed E-state index contributed by atoms with van der Waals surface area (Å²) in [5.74, 6) is 9.23. The molecule has 0 fully saturated rings. The van der Waals surface area contributed by atoms with E-state index in [1.807, 2.05) is 18.2 Å².